The maximum atomic E-state index is 11.8. The minimum Gasteiger partial charge on any atom is -0.343 e. The third-order valence-corrected chi connectivity index (χ3v) is 4.45. The standard InChI is InChI=1S/C12H21NO3S/c1-2-3-10-17(15,16)11-7-12(14)13-8-5-4-6-9-13/h2-3H,4-11H2,1H3/b3-2-. The molecule has 1 amide bonds. The van der Waals surface area contributed by atoms with Gasteiger partial charge in [-0.05, 0) is 26.2 Å². The molecule has 1 aliphatic heterocycles. The highest BCUT2D eigenvalue weighted by atomic mass is 32.2. The van der Waals surface area contributed by atoms with Crippen LogP contribution in [0, 0.1) is 0 Å². The Hall–Kier alpha value is -0.840. The first-order valence-electron chi connectivity index (χ1n) is 6.14. The van der Waals surface area contributed by atoms with Gasteiger partial charge in [-0.25, -0.2) is 8.42 Å². The van der Waals surface area contributed by atoms with Gasteiger partial charge in [0.25, 0.3) is 0 Å². The maximum Gasteiger partial charge on any atom is 0.223 e. The summed E-state index contributed by atoms with van der Waals surface area (Å²) >= 11 is 0. The molecule has 0 radical (unpaired) electrons. The third-order valence-electron chi connectivity index (χ3n) is 2.92. The minimum absolute atomic E-state index is 0.0197. The van der Waals surface area contributed by atoms with Gasteiger partial charge in [-0.1, -0.05) is 12.2 Å². The van der Waals surface area contributed by atoms with E-state index >= 15 is 0 Å². The van der Waals surface area contributed by atoms with Gasteiger partial charge in [-0.3, -0.25) is 4.79 Å². The quantitative estimate of drug-likeness (QED) is 0.701. The molecule has 98 valence electrons. The van der Waals surface area contributed by atoms with Crippen molar-refractivity contribution >= 4 is 15.7 Å². The SMILES string of the molecule is C/C=C\CS(=O)(=O)CCC(=O)N1CCCCC1. The summed E-state index contributed by atoms with van der Waals surface area (Å²) in [5.74, 6) is -0.0162. The summed E-state index contributed by atoms with van der Waals surface area (Å²) in [5, 5.41) is 0. The lowest BCUT2D eigenvalue weighted by molar-refractivity contribution is -0.131. The maximum absolute atomic E-state index is 11.8. The number of carbonyl (C=O) groups excluding carboxylic acids is 1. The van der Waals surface area contributed by atoms with Crippen molar-refractivity contribution < 1.29 is 13.2 Å². The highest BCUT2D eigenvalue weighted by Crippen LogP contribution is 2.10. The van der Waals surface area contributed by atoms with Crippen molar-refractivity contribution in [2.75, 3.05) is 24.6 Å². The Balaban J connectivity index is 2.36. The molecular weight excluding hydrogens is 238 g/mol. The number of sulfone groups is 1. The molecule has 1 heterocycles. The molecule has 0 aromatic rings. The number of hydrogen-bond donors (Lipinski definition) is 0. The second kappa shape index (κ2) is 6.79. The Bertz CT molecular complexity index is 367. The molecule has 4 nitrogen and oxygen atoms in total. The van der Waals surface area contributed by atoms with Gasteiger partial charge in [0.15, 0.2) is 9.84 Å². The molecule has 1 fully saturated rings. The second-order valence-corrected chi connectivity index (χ2v) is 6.60. The van der Waals surface area contributed by atoms with Gasteiger partial charge < -0.3 is 4.90 Å². The van der Waals surface area contributed by atoms with Crippen molar-refractivity contribution in [2.24, 2.45) is 0 Å². The van der Waals surface area contributed by atoms with Crippen LogP contribution in [-0.4, -0.2) is 43.8 Å². The zero-order chi connectivity index (χ0) is 12.7. The van der Waals surface area contributed by atoms with Crippen LogP contribution < -0.4 is 0 Å². The van der Waals surface area contributed by atoms with Crippen molar-refractivity contribution in [3.8, 4) is 0 Å². The van der Waals surface area contributed by atoms with E-state index in [4.69, 9.17) is 0 Å². The lowest BCUT2D eigenvalue weighted by Crippen LogP contribution is -2.36. The largest absolute Gasteiger partial charge is 0.343 e. The Morgan fingerprint density at radius 2 is 1.88 bits per heavy atom. The van der Waals surface area contributed by atoms with Crippen LogP contribution in [0.5, 0.6) is 0 Å². The highest BCUT2D eigenvalue weighted by molar-refractivity contribution is 7.91. The summed E-state index contributed by atoms with van der Waals surface area (Å²) in [6.07, 6.45) is 6.70. The van der Waals surface area contributed by atoms with E-state index in [-0.39, 0.29) is 23.8 Å². The van der Waals surface area contributed by atoms with Crippen LogP contribution in [0.4, 0.5) is 0 Å². The van der Waals surface area contributed by atoms with Crippen molar-refractivity contribution in [3.05, 3.63) is 12.2 Å². The van der Waals surface area contributed by atoms with Crippen LogP contribution in [0.3, 0.4) is 0 Å². The Morgan fingerprint density at radius 3 is 2.47 bits per heavy atom. The van der Waals surface area contributed by atoms with Gasteiger partial charge in [0.1, 0.15) is 0 Å². The summed E-state index contributed by atoms with van der Waals surface area (Å²) in [7, 11) is -3.11. The van der Waals surface area contributed by atoms with E-state index in [2.05, 4.69) is 0 Å². The molecule has 1 saturated heterocycles. The highest BCUT2D eigenvalue weighted by Gasteiger charge is 2.18. The van der Waals surface area contributed by atoms with Gasteiger partial charge in [-0.15, -0.1) is 0 Å². The predicted molar refractivity (Wildman–Crippen MR) is 68.5 cm³/mol. The van der Waals surface area contributed by atoms with Gasteiger partial charge >= 0.3 is 0 Å². The average molecular weight is 259 g/mol. The molecular formula is C12H21NO3S. The van der Waals surface area contributed by atoms with Crippen LogP contribution >= 0.6 is 0 Å². The lowest BCUT2D eigenvalue weighted by atomic mass is 10.1. The van der Waals surface area contributed by atoms with Crippen molar-refractivity contribution in [1.82, 2.24) is 4.90 Å². The van der Waals surface area contributed by atoms with Crippen molar-refractivity contribution in [2.45, 2.75) is 32.6 Å². The van der Waals surface area contributed by atoms with Gasteiger partial charge in [-0.2, -0.15) is 0 Å². The number of allylic oxidation sites excluding steroid dienone is 1. The number of likely N-dealkylation sites (tertiary alicyclic amines) is 1. The Morgan fingerprint density at radius 1 is 1.24 bits per heavy atom. The number of hydrogen-bond acceptors (Lipinski definition) is 3. The number of piperidine rings is 1. The smallest absolute Gasteiger partial charge is 0.223 e. The van der Waals surface area contributed by atoms with E-state index in [1.54, 1.807) is 24.0 Å². The summed E-state index contributed by atoms with van der Waals surface area (Å²) in [6.45, 7) is 3.36. The molecule has 1 aliphatic rings. The molecule has 0 saturated carbocycles. The second-order valence-electron chi connectivity index (χ2n) is 4.37. The molecule has 0 bridgehead atoms. The number of nitrogens with zero attached hydrogens (tertiary/aromatic N) is 1. The normalized spacial score (nSPS) is 17.6. The fraction of sp³-hybridized carbons (Fsp3) is 0.750. The summed E-state index contributed by atoms with van der Waals surface area (Å²) in [6, 6.07) is 0. The van der Waals surface area contributed by atoms with Gasteiger partial charge in [0.05, 0.1) is 11.5 Å². The molecule has 0 N–H and O–H groups in total. The zero-order valence-electron chi connectivity index (χ0n) is 10.4. The molecule has 0 aliphatic carbocycles. The summed E-state index contributed by atoms with van der Waals surface area (Å²) in [4.78, 5) is 13.5. The first kappa shape index (κ1) is 14.2. The van der Waals surface area contributed by atoms with Crippen LogP contribution in [-0.2, 0) is 14.6 Å². The van der Waals surface area contributed by atoms with Crippen LogP contribution in [0.1, 0.15) is 32.6 Å². The molecule has 0 aromatic heterocycles. The Kier molecular flexibility index (Phi) is 5.68. The monoisotopic (exact) mass is 259 g/mol. The molecule has 0 unspecified atom stereocenters. The molecule has 17 heavy (non-hydrogen) atoms. The van der Waals surface area contributed by atoms with E-state index in [1.165, 1.54) is 6.42 Å². The number of carbonyl (C=O) groups is 1. The van der Waals surface area contributed by atoms with E-state index in [9.17, 15) is 13.2 Å². The van der Waals surface area contributed by atoms with E-state index in [1.807, 2.05) is 0 Å². The minimum atomic E-state index is -3.11. The molecule has 0 aromatic carbocycles. The van der Waals surface area contributed by atoms with Crippen LogP contribution in [0.2, 0.25) is 0 Å². The lowest BCUT2D eigenvalue weighted by Gasteiger charge is -2.26. The first-order chi connectivity index (χ1) is 8.05. The number of amides is 1. The van der Waals surface area contributed by atoms with Crippen LogP contribution in [0.15, 0.2) is 12.2 Å². The summed E-state index contributed by atoms with van der Waals surface area (Å²) < 4.78 is 23.1. The van der Waals surface area contributed by atoms with Gasteiger partial charge in [0.2, 0.25) is 5.91 Å². The van der Waals surface area contributed by atoms with Gasteiger partial charge in [0, 0.05) is 19.5 Å². The van der Waals surface area contributed by atoms with Crippen molar-refractivity contribution in [1.29, 1.82) is 0 Å². The molecule has 5 heteroatoms. The Labute approximate surface area is 104 Å². The topological polar surface area (TPSA) is 54.5 Å². The first-order valence-corrected chi connectivity index (χ1v) is 7.96. The van der Waals surface area contributed by atoms with E-state index in [0.717, 1.165) is 25.9 Å². The predicted octanol–water partition coefficient (Wildman–Crippen LogP) is 1.38. The van der Waals surface area contributed by atoms with E-state index < -0.39 is 9.84 Å². The fourth-order valence-electron chi connectivity index (χ4n) is 1.87. The zero-order valence-corrected chi connectivity index (χ0v) is 11.2. The molecule has 1 rings (SSSR count). The molecule has 0 atom stereocenters. The molecule has 0 spiro atoms. The van der Waals surface area contributed by atoms with Crippen LogP contribution in [0.25, 0.3) is 0 Å². The number of rotatable bonds is 5. The van der Waals surface area contributed by atoms with E-state index in [0.29, 0.717) is 0 Å². The average Bonchev–Trinajstić information content (AvgIpc) is 2.35. The van der Waals surface area contributed by atoms with Crippen molar-refractivity contribution in [3.63, 3.8) is 0 Å². The summed E-state index contributed by atoms with van der Waals surface area (Å²) in [5.41, 5.74) is 0. The fourth-order valence-corrected chi connectivity index (χ4v) is 3.01. The third kappa shape index (κ3) is 5.35.